The molecular weight excluding hydrogens is 268 g/mol. The van der Waals surface area contributed by atoms with Crippen LogP contribution in [-0.4, -0.2) is 59.9 Å². The molecule has 0 aromatic rings. The highest BCUT2D eigenvalue weighted by molar-refractivity contribution is 5.70. The van der Waals surface area contributed by atoms with Crippen molar-refractivity contribution in [1.29, 1.82) is 0 Å². The Bertz CT molecular complexity index is 332. The molecule has 1 saturated heterocycles. The molecule has 5 nitrogen and oxygen atoms in total. The lowest BCUT2D eigenvalue weighted by Gasteiger charge is -2.35. The summed E-state index contributed by atoms with van der Waals surface area (Å²) in [5.41, 5.74) is -0.696. The van der Waals surface area contributed by atoms with Gasteiger partial charge in [0.05, 0.1) is 11.5 Å². The number of aliphatic hydroxyl groups is 1. The van der Waals surface area contributed by atoms with Crippen molar-refractivity contribution in [1.82, 2.24) is 10.2 Å². The second-order valence-electron chi connectivity index (χ2n) is 7.05. The fraction of sp³-hybridized carbons (Fsp3) is 0.938. The third-order valence-corrected chi connectivity index (χ3v) is 5.29. The molecule has 0 aromatic carbocycles. The molecule has 0 spiro atoms. The highest BCUT2D eigenvalue weighted by atomic mass is 16.4. The van der Waals surface area contributed by atoms with Gasteiger partial charge in [-0.15, -0.1) is 0 Å². The van der Waals surface area contributed by atoms with Crippen molar-refractivity contribution in [2.75, 3.05) is 33.2 Å². The number of nitrogens with zero attached hydrogens (tertiary/aromatic N) is 1. The summed E-state index contributed by atoms with van der Waals surface area (Å²) in [6.07, 6.45) is 6.15. The van der Waals surface area contributed by atoms with Gasteiger partial charge in [-0.2, -0.15) is 0 Å². The fourth-order valence-electron chi connectivity index (χ4n) is 3.56. The van der Waals surface area contributed by atoms with Crippen molar-refractivity contribution in [3.8, 4) is 0 Å². The zero-order valence-electron chi connectivity index (χ0n) is 13.2. The Hall–Kier alpha value is -0.650. The molecule has 1 saturated carbocycles. The van der Waals surface area contributed by atoms with Crippen LogP contribution < -0.4 is 5.32 Å². The molecule has 2 rings (SSSR count). The summed E-state index contributed by atoms with van der Waals surface area (Å²) in [6.45, 7) is 3.96. The Morgan fingerprint density at radius 2 is 1.86 bits per heavy atom. The number of carboxylic acid groups (broad SMARTS) is 1. The maximum Gasteiger partial charge on any atom is 0.306 e. The molecule has 3 N–H and O–H groups in total. The first-order valence-corrected chi connectivity index (χ1v) is 8.33. The third kappa shape index (κ3) is 5.24. The minimum Gasteiger partial charge on any atom is -0.481 e. The van der Waals surface area contributed by atoms with Crippen molar-refractivity contribution in [3.05, 3.63) is 0 Å². The lowest BCUT2D eigenvalue weighted by atomic mass is 9.79. The first-order chi connectivity index (χ1) is 9.98. The van der Waals surface area contributed by atoms with E-state index in [2.05, 4.69) is 17.3 Å². The predicted molar refractivity (Wildman–Crippen MR) is 82.3 cm³/mol. The Balaban J connectivity index is 1.59. The monoisotopic (exact) mass is 298 g/mol. The van der Waals surface area contributed by atoms with Crippen molar-refractivity contribution in [2.45, 2.75) is 50.5 Å². The third-order valence-electron chi connectivity index (χ3n) is 5.29. The maximum absolute atomic E-state index is 10.9. The molecule has 0 unspecified atom stereocenters. The molecule has 0 aromatic heterocycles. The number of rotatable bonds is 6. The summed E-state index contributed by atoms with van der Waals surface area (Å²) in [6, 6.07) is 0. The van der Waals surface area contributed by atoms with Gasteiger partial charge in [-0.1, -0.05) is 0 Å². The summed E-state index contributed by atoms with van der Waals surface area (Å²) in [4.78, 5) is 13.3. The number of piperidine rings is 1. The molecule has 2 fully saturated rings. The second kappa shape index (κ2) is 7.56. The van der Waals surface area contributed by atoms with Crippen LogP contribution in [0.3, 0.4) is 0 Å². The van der Waals surface area contributed by atoms with Crippen LogP contribution in [0, 0.1) is 11.8 Å². The van der Waals surface area contributed by atoms with E-state index in [1.165, 1.54) is 32.4 Å². The molecule has 0 atom stereocenters. The number of nitrogens with one attached hydrogen (secondary N) is 1. The molecule has 1 heterocycles. The highest BCUT2D eigenvalue weighted by Gasteiger charge is 2.35. The number of hydrogen-bond acceptors (Lipinski definition) is 4. The fourth-order valence-corrected chi connectivity index (χ4v) is 3.56. The molecule has 1 aliphatic heterocycles. The van der Waals surface area contributed by atoms with Gasteiger partial charge >= 0.3 is 5.97 Å². The van der Waals surface area contributed by atoms with Crippen LogP contribution in [0.1, 0.15) is 44.9 Å². The van der Waals surface area contributed by atoms with Crippen LogP contribution >= 0.6 is 0 Å². The quantitative estimate of drug-likeness (QED) is 0.645. The number of carbonyl (C=O) groups is 1. The van der Waals surface area contributed by atoms with E-state index < -0.39 is 11.6 Å². The molecule has 0 bridgehead atoms. The largest absolute Gasteiger partial charge is 0.481 e. The van der Waals surface area contributed by atoms with E-state index in [1.807, 2.05) is 0 Å². The first kappa shape index (κ1) is 16.7. The standard InChI is InChI=1S/C16H30N2O3/c1-18-10-5-13(6-11-18)4-9-17-12-16(21)7-2-14(3-8-16)15(19)20/h13-14,17,21H,2-12H2,1H3,(H,19,20). The van der Waals surface area contributed by atoms with Crippen LogP contribution in [0.2, 0.25) is 0 Å². The van der Waals surface area contributed by atoms with Gasteiger partial charge in [0.1, 0.15) is 0 Å². The van der Waals surface area contributed by atoms with Crippen molar-refractivity contribution in [2.24, 2.45) is 11.8 Å². The summed E-state index contributed by atoms with van der Waals surface area (Å²) >= 11 is 0. The average molecular weight is 298 g/mol. The van der Waals surface area contributed by atoms with Gasteiger partial charge in [0.25, 0.3) is 0 Å². The van der Waals surface area contributed by atoms with Crippen LogP contribution in [-0.2, 0) is 4.79 Å². The molecule has 0 amide bonds. The van der Waals surface area contributed by atoms with Crippen molar-refractivity contribution < 1.29 is 15.0 Å². The zero-order chi connectivity index (χ0) is 15.3. The summed E-state index contributed by atoms with van der Waals surface area (Å²) in [7, 11) is 2.18. The lowest BCUT2D eigenvalue weighted by Crippen LogP contribution is -2.45. The van der Waals surface area contributed by atoms with Gasteiger partial charge in [0, 0.05) is 6.54 Å². The second-order valence-corrected chi connectivity index (χ2v) is 7.05. The van der Waals surface area contributed by atoms with Gasteiger partial charge in [-0.25, -0.2) is 0 Å². The zero-order valence-corrected chi connectivity index (χ0v) is 13.2. The minimum absolute atomic E-state index is 0.260. The Kier molecular flexibility index (Phi) is 6.02. The van der Waals surface area contributed by atoms with E-state index in [-0.39, 0.29) is 5.92 Å². The Morgan fingerprint density at radius 3 is 2.43 bits per heavy atom. The predicted octanol–water partition coefficient (Wildman–Crippen LogP) is 1.31. The number of aliphatic carboxylic acids is 1. The Morgan fingerprint density at radius 1 is 1.24 bits per heavy atom. The topological polar surface area (TPSA) is 72.8 Å². The lowest BCUT2D eigenvalue weighted by molar-refractivity contribution is -0.144. The van der Waals surface area contributed by atoms with Gasteiger partial charge in [0.15, 0.2) is 0 Å². The average Bonchev–Trinajstić information content (AvgIpc) is 2.46. The smallest absolute Gasteiger partial charge is 0.306 e. The van der Waals surface area contributed by atoms with E-state index >= 15 is 0 Å². The van der Waals surface area contributed by atoms with E-state index in [0.717, 1.165) is 12.5 Å². The van der Waals surface area contributed by atoms with E-state index in [9.17, 15) is 9.90 Å². The molecule has 0 radical (unpaired) electrons. The van der Waals surface area contributed by atoms with Crippen LogP contribution in [0.15, 0.2) is 0 Å². The first-order valence-electron chi connectivity index (χ1n) is 8.33. The van der Waals surface area contributed by atoms with Gasteiger partial charge in [-0.3, -0.25) is 4.79 Å². The SMILES string of the molecule is CN1CCC(CCNCC2(O)CCC(C(=O)O)CC2)CC1. The van der Waals surface area contributed by atoms with Crippen LogP contribution in [0.25, 0.3) is 0 Å². The van der Waals surface area contributed by atoms with Crippen molar-refractivity contribution >= 4 is 5.97 Å². The van der Waals surface area contributed by atoms with E-state index in [1.54, 1.807) is 0 Å². The molecule has 2 aliphatic rings. The van der Waals surface area contributed by atoms with Crippen LogP contribution in [0.4, 0.5) is 0 Å². The normalized spacial score (nSPS) is 32.2. The number of carboxylic acids is 1. The van der Waals surface area contributed by atoms with E-state index in [4.69, 9.17) is 5.11 Å². The summed E-state index contributed by atoms with van der Waals surface area (Å²) in [5.74, 6) is -0.164. The highest BCUT2D eigenvalue weighted by Crippen LogP contribution is 2.31. The molecule has 5 heteroatoms. The molecule has 1 aliphatic carbocycles. The van der Waals surface area contributed by atoms with Crippen molar-refractivity contribution in [3.63, 3.8) is 0 Å². The maximum atomic E-state index is 10.9. The Labute approximate surface area is 127 Å². The summed E-state index contributed by atoms with van der Waals surface area (Å²) in [5, 5.41) is 22.9. The van der Waals surface area contributed by atoms with Gasteiger partial charge in [0.2, 0.25) is 0 Å². The van der Waals surface area contributed by atoms with Gasteiger partial charge in [-0.05, 0) is 77.5 Å². The molecular formula is C16H30N2O3. The van der Waals surface area contributed by atoms with Crippen LogP contribution in [0.5, 0.6) is 0 Å². The van der Waals surface area contributed by atoms with E-state index in [0.29, 0.717) is 32.2 Å². The summed E-state index contributed by atoms with van der Waals surface area (Å²) < 4.78 is 0. The number of likely N-dealkylation sites (tertiary alicyclic amines) is 1. The molecule has 21 heavy (non-hydrogen) atoms. The number of hydrogen-bond donors (Lipinski definition) is 3. The molecule has 122 valence electrons. The van der Waals surface area contributed by atoms with Gasteiger partial charge < -0.3 is 20.4 Å². The minimum atomic E-state index is -0.715.